The van der Waals surface area contributed by atoms with Crippen molar-refractivity contribution in [2.24, 2.45) is 0 Å². The SMILES string of the molecule is C=C(CNCC)CN(C)CCCCCO. The molecule has 0 bridgehead atoms. The number of hydrogen-bond acceptors (Lipinski definition) is 3. The third-order valence-electron chi connectivity index (χ3n) is 2.32. The minimum Gasteiger partial charge on any atom is -0.396 e. The van der Waals surface area contributed by atoms with Crippen molar-refractivity contribution in [3.05, 3.63) is 12.2 Å². The molecule has 0 rings (SSSR count). The van der Waals surface area contributed by atoms with Gasteiger partial charge in [0, 0.05) is 19.7 Å². The van der Waals surface area contributed by atoms with Crippen molar-refractivity contribution in [1.29, 1.82) is 0 Å². The molecule has 2 N–H and O–H groups in total. The van der Waals surface area contributed by atoms with Gasteiger partial charge >= 0.3 is 0 Å². The first kappa shape index (κ1) is 14.6. The van der Waals surface area contributed by atoms with E-state index in [2.05, 4.69) is 30.8 Å². The molecule has 0 spiro atoms. The van der Waals surface area contributed by atoms with Crippen molar-refractivity contribution in [2.45, 2.75) is 26.2 Å². The zero-order valence-corrected chi connectivity index (χ0v) is 10.3. The molecule has 0 fully saturated rings. The van der Waals surface area contributed by atoms with Crippen molar-refractivity contribution < 1.29 is 5.11 Å². The van der Waals surface area contributed by atoms with Crippen LogP contribution in [-0.2, 0) is 0 Å². The number of rotatable bonds is 10. The average molecular weight is 214 g/mol. The summed E-state index contributed by atoms with van der Waals surface area (Å²) in [6.07, 6.45) is 3.19. The Hall–Kier alpha value is -0.380. The smallest absolute Gasteiger partial charge is 0.0431 e. The molecule has 0 aliphatic rings. The van der Waals surface area contributed by atoms with Crippen LogP contribution in [0.5, 0.6) is 0 Å². The van der Waals surface area contributed by atoms with E-state index in [1.165, 1.54) is 5.57 Å². The van der Waals surface area contributed by atoms with E-state index in [-0.39, 0.29) is 0 Å². The van der Waals surface area contributed by atoms with Gasteiger partial charge in [-0.15, -0.1) is 0 Å². The van der Waals surface area contributed by atoms with Gasteiger partial charge in [-0.3, -0.25) is 0 Å². The number of hydrogen-bond donors (Lipinski definition) is 2. The number of aliphatic hydroxyl groups excluding tert-OH is 1. The Kier molecular flexibility index (Phi) is 9.89. The number of nitrogens with zero attached hydrogens (tertiary/aromatic N) is 1. The van der Waals surface area contributed by atoms with Gasteiger partial charge in [-0.2, -0.15) is 0 Å². The normalized spacial score (nSPS) is 10.9. The van der Waals surface area contributed by atoms with Crippen LogP contribution < -0.4 is 5.32 Å². The van der Waals surface area contributed by atoms with Crippen LogP contribution in [-0.4, -0.2) is 49.8 Å². The first-order valence-electron chi connectivity index (χ1n) is 5.87. The zero-order chi connectivity index (χ0) is 11.5. The van der Waals surface area contributed by atoms with Gasteiger partial charge in [0.1, 0.15) is 0 Å². The number of likely N-dealkylation sites (N-methyl/N-ethyl adjacent to an activating group) is 2. The number of unbranched alkanes of at least 4 members (excludes halogenated alkanes) is 2. The fourth-order valence-corrected chi connectivity index (χ4v) is 1.49. The molecule has 0 radical (unpaired) electrons. The topological polar surface area (TPSA) is 35.5 Å². The van der Waals surface area contributed by atoms with Gasteiger partial charge in [-0.25, -0.2) is 0 Å². The van der Waals surface area contributed by atoms with E-state index in [0.717, 1.165) is 45.4 Å². The fourth-order valence-electron chi connectivity index (χ4n) is 1.49. The second kappa shape index (κ2) is 10.1. The highest BCUT2D eigenvalue weighted by Gasteiger charge is 2.00. The van der Waals surface area contributed by atoms with Gasteiger partial charge in [0.2, 0.25) is 0 Å². The van der Waals surface area contributed by atoms with Gasteiger partial charge in [-0.05, 0) is 45.0 Å². The molecule has 15 heavy (non-hydrogen) atoms. The standard InChI is InChI=1S/C12H26N2O/c1-4-13-10-12(2)11-14(3)8-6-5-7-9-15/h13,15H,2,4-11H2,1,3H3. The first-order valence-corrected chi connectivity index (χ1v) is 5.87. The van der Waals surface area contributed by atoms with Gasteiger partial charge in [-0.1, -0.05) is 13.5 Å². The van der Waals surface area contributed by atoms with E-state index in [1.54, 1.807) is 0 Å². The van der Waals surface area contributed by atoms with E-state index in [1.807, 2.05) is 0 Å². The Morgan fingerprint density at radius 2 is 2.07 bits per heavy atom. The Morgan fingerprint density at radius 3 is 2.67 bits per heavy atom. The van der Waals surface area contributed by atoms with Crippen LogP contribution in [0.1, 0.15) is 26.2 Å². The molecule has 0 amide bonds. The van der Waals surface area contributed by atoms with Crippen LogP contribution in [0.15, 0.2) is 12.2 Å². The number of nitrogens with one attached hydrogen (secondary N) is 1. The molecule has 0 unspecified atom stereocenters. The fraction of sp³-hybridized carbons (Fsp3) is 0.833. The van der Waals surface area contributed by atoms with E-state index in [0.29, 0.717) is 6.61 Å². The summed E-state index contributed by atoms with van der Waals surface area (Å²) < 4.78 is 0. The quantitative estimate of drug-likeness (QED) is 0.424. The van der Waals surface area contributed by atoms with E-state index < -0.39 is 0 Å². The summed E-state index contributed by atoms with van der Waals surface area (Å²) >= 11 is 0. The molecule has 3 heteroatoms. The van der Waals surface area contributed by atoms with Crippen molar-refractivity contribution in [2.75, 3.05) is 39.8 Å². The third kappa shape index (κ3) is 9.91. The molecule has 0 atom stereocenters. The molecule has 0 aromatic carbocycles. The lowest BCUT2D eigenvalue weighted by Crippen LogP contribution is -2.26. The van der Waals surface area contributed by atoms with Gasteiger partial charge in [0.25, 0.3) is 0 Å². The molecule has 0 saturated heterocycles. The Morgan fingerprint density at radius 1 is 1.33 bits per heavy atom. The van der Waals surface area contributed by atoms with E-state index in [4.69, 9.17) is 5.11 Å². The van der Waals surface area contributed by atoms with Crippen molar-refractivity contribution in [1.82, 2.24) is 10.2 Å². The van der Waals surface area contributed by atoms with Crippen molar-refractivity contribution >= 4 is 0 Å². The maximum absolute atomic E-state index is 8.64. The van der Waals surface area contributed by atoms with Crippen LogP contribution in [0.2, 0.25) is 0 Å². The molecular weight excluding hydrogens is 188 g/mol. The summed E-state index contributed by atoms with van der Waals surface area (Å²) in [4.78, 5) is 2.29. The van der Waals surface area contributed by atoms with Crippen LogP contribution in [0, 0.1) is 0 Å². The number of aliphatic hydroxyl groups is 1. The second-order valence-corrected chi connectivity index (χ2v) is 4.05. The van der Waals surface area contributed by atoms with Crippen LogP contribution in [0.4, 0.5) is 0 Å². The molecule has 3 nitrogen and oxygen atoms in total. The highest BCUT2D eigenvalue weighted by atomic mass is 16.2. The summed E-state index contributed by atoms with van der Waals surface area (Å²) in [5, 5.41) is 11.9. The monoisotopic (exact) mass is 214 g/mol. The minimum absolute atomic E-state index is 0.316. The summed E-state index contributed by atoms with van der Waals surface area (Å²) in [5.41, 5.74) is 1.24. The van der Waals surface area contributed by atoms with Crippen LogP contribution in [0.25, 0.3) is 0 Å². The van der Waals surface area contributed by atoms with Crippen molar-refractivity contribution in [3.63, 3.8) is 0 Å². The Bertz CT molecular complexity index is 160. The lowest BCUT2D eigenvalue weighted by Gasteiger charge is -2.18. The highest BCUT2D eigenvalue weighted by molar-refractivity contribution is 4.99. The molecule has 0 aromatic rings. The predicted molar refractivity (Wildman–Crippen MR) is 66.1 cm³/mol. The largest absolute Gasteiger partial charge is 0.396 e. The first-order chi connectivity index (χ1) is 7.20. The van der Waals surface area contributed by atoms with Gasteiger partial charge in [0.05, 0.1) is 0 Å². The lowest BCUT2D eigenvalue weighted by atomic mass is 10.2. The minimum atomic E-state index is 0.316. The molecular formula is C12H26N2O. The maximum atomic E-state index is 8.64. The highest BCUT2D eigenvalue weighted by Crippen LogP contribution is 1.99. The van der Waals surface area contributed by atoms with Crippen molar-refractivity contribution in [3.8, 4) is 0 Å². The Labute approximate surface area is 94.2 Å². The molecule has 90 valence electrons. The van der Waals surface area contributed by atoms with Crippen LogP contribution in [0.3, 0.4) is 0 Å². The zero-order valence-electron chi connectivity index (χ0n) is 10.3. The maximum Gasteiger partial charge on any atom is 0.0431 e. The molecule has 0 aliphatic heterocycles. The Balaban J connectivity index is 3.38. The van der Waals surface area contributed by atoms with Crippen LogP contribution >= 0.6 is 0 Å². The lowest BCUT2D eigenvalue weighted by molar-refractivity contribution is 0.275. The summed E-state index contributed by atoms with van der Waals surface area (Å²) in [6, 6.07) is 0. The average Bonchev–Trinajstić information content (AvgIpc) is 2.21. The van der Waals surface area contributed by atoms with E-state index >= 15 is 0 Å². The molecule has 0 aromatic heterocycles. The molecule has 0 aliphatic carbocycles. The summed E-state index contributed by atoms with van der Waals surface area (Å²) in [5.74, 6) is 0. The third-order valence-corrected chi connectivity index (χ3v) is 2.32. The van der Waals surface area contributed by atoms with E-state index in [9.17, 15) is 0 Å². The van der Waals surface area contributed by atoms with Gasteiger partial charge in [0.15, 0.2) is 0 Å². The predicted octanol–water partition coefficient (Wildman–Crippen LogP) is 1.25. The summed E-state index contributed by atoms with van der Waals surface area (Å²) in [6.45, 7) is 10.4. The molecule has 0 saturated carbocycles. The second-order valence-electron chi connectivity index (χ2n) is 4.05. The molecule has 0 heterocycles. The van der Waals surface area contributed by atoms with Gasteiger partial charge < -0.3 is 15.3 Å². The summed E-state index contributed by atoms with van der Waals surface area (Å²) in [7, 11) is 2.12.